The maximum atomic E-state index is 12.2. The molecule has 0 bridgehead atoms. The number of hydrogen-bond acceptors (Lipinski definition) is 2. The summed E-state index contributed by atoms with van der Waals surface area (Å²) >= 11 is 0. The lowest BCUT2D eigenvalue weighted by molar-refractivity contribution is -0.274. The van der Waals surface area contributed by atoms with Crippen LogP contribution in [-0.2, 0) is 0 Å². The van der Waals surface area contributed by atoms with Gasteiger partial charge in [0.2, 0.25) is 0 Å². The molecule has 0 radical (unpaired) electrons. The lowest BCUT2D eigenvalue weighted by atomic mass is 9.52. The van der Waals surface area contributed by atoms with Crippen molar-refractivity contribution in [2.45, 2.75) is 51.4 Å². The Bertz CT molecular complexity index is 465. The zero-order valence-electron chi connectivity index (χ0n) is 12.6. The molecule has 1 saturated carbocycles. The van der Waals surface area contributed by atoms with Gasteiger partial charge in [-0.1, -0.05) is 26.0 Å². The average molecular weight is 301 g/mol. The molecule has 118 valence electrons. The van der Waals surface area contributed by atoms with Gasteiger partial charge in [0.25, 0.3) is 0 Å². The first kappa shape index (κ1) is 16.1. The average Bonchev–Trinajstić information content (AvgIpc) is 2.40. The molecule has 0 saturated heterocycles. The molecule has 0 heterocycles. The molecule has 1 aromatic rings. The smallest absolute Gasteiger partial charge is 0.406 e. The second kappa shape index (κ2) is 5.87. The van der Waals surface area contributed by atoms with E-state index < -0.39 is 6.36 Å². The molecular formula is C16H22F3NO. The van der Waals surface area contributed by atoms with Crippen LogP contribution in [-0.4, -0.2) is 19.5 Å². The summed E-state index contributed by atoms with van der Waals surface area (Å²) in [7, 11) is 1.97. The van der Waals surface area contributed by atoms with E-state index in [1.807, 2.05) is 7.05 Å². The standard InChI is InChI=1S/C16H22F3NO/c1-4-15(5-2)13(10-14(15)20-3)11-6-8-12(9-7-11)21-16(17,18)19/h6-9,13-14,20H,4-5,10H2,1-3H3. The Morgan fingerprint density at radius 1 is 1.19 bits per heavy atom. The van der Waals surface area contributed by atoms with Crippen LogP contribution >= 0.6 is 0 Å². The van der Waals surface area contributed by atoms with Crippen LogP contribution in [0.4, 0.5) is 13.2 Å². The van der Waals surface area contributed by atoms with Crippen molar-refractivity contribution >= 4 is 0 Å². The largest absolute Gasteiger partial charge is 0.573 e. The predicted molar refractivity (Wildman–Crippen MR) is 76.3 cm³/mol. The number of alkyl halides is 3. The summed E-state index contributed by atoms with van der Waals surface area (Å²) in [4.78, 5) is 0. The Labute approximate surface area is 123 Å². The van der Waals surface area contributed by atoms with E-state index in [2.05, 4.69) is 23.9 Å². The second-order valence-corrected chi connectivity index (χ2v) is 5.69. The van der Waals surface area contributed by atoms with E-state index in [-0.39, 0.29) is 11.2 Å². The summed E-state index contributed by atoms with van der Waals surface area (Å²) in [5.41, 5.74) is 1.29. The Morgan fingerprint density at radius 3 is 2.19 bits per heavy atom. The number of nitrogens with one attached hydrogen (secondary N) is 1. The van der Waals surface area contributed by atoms with Gasteiger partial charge in [-0.25, -0.2) is 0 Å². The molecule has 2 rings (SSSR count). The maximum absolute atomic E-state index is 12.2. The first-order valence-electron chi connectivity index (χ1n) is 7.39. The molecule has 0 spiro atoms. The van der Waals surface area contributed by atoms with Gasteiger partial charge in [-0.2, -0.15) is 0 Å². The van der Waals surface area contributed by atoms with Gasteiger partial charge < -0.3 is 10.1 Å². The molecule has 1 fully saturated rings. The lowest BCUT2D eigenvalue weighted by Gasteiger charge is -2.56. The minimum atomic E-state index is -4.63. The van der Waals surface area contributed by atoms with Gasteiger partial charge in [-0.3, -0.25) is 0 Å². The van der Waals surface area contributed by atoms with E-state index in [1.54, 1.807) is 12.1 Å². The molecule has 2 atom stereocenters. The van der Waals surface area contributed by atoms with Crippen LogP contribution in [0.15, 0.2) is 24.3 Å². The molecule has 5 heteroatoms. The summed E-state index contributed by atoms with van der Waals surface area (Å²) in [5.74, 6) is 0.235. The molecule has 2 nitrogen and oxygen atoms in total. The number of benzene rings is 1. The van der Waals surface area contributed by atoms with Crippen LogP contribution in [0.5, 0.6) is 5.75 Å². The Balaban J connectivity index is 2.16. The van der Waals surface area contributed by atoms with Gasteiger partial charge in [0, 0.05) is 6.04 Å². The Morgan fingerprint density at radius 2 is 1.76 bits per heavy atom. The van der Waals surface area contributed by atoms with Gasteiger partial charge in [-0.15, -0.1) is 13.2 Å². The minimum absolute atomic E-state index is 0.158. The van der Waals surface area contributed by atoms with Crippen molar-refractivity contribution in [3.8, 4) is 5.75 Å². The quantitative estimate of drug-likeness (QED) is 0.866. The Hall–Kier alpha value is -1.23. The summed E-state index contributed by atoms with van der Waals surface area (Å²) < 4.78 is 40.5. The van der Waals surface area contributed by atoms with Crippen molar-refractivity contribution in [3.63, 3.8) is 0 Å². The van der Waals surface area contributed by atoms with Crippen molar-refractivity contribution < 1.29 is 17.9 Å². The summed E-state index contributed by atoms with van der Waals surface area (Å²) in [5, 5.41) is 3.36. The molecule has 0 aliphatic heterocycles. The zero-order chi connectivity index (χ0) is 15.7. The molecule has 1 aliphatic rings. The molecule has 1 aliphatic carbocycles. The molecule has 1 N–H and O–H groups in total. The van der Waals surface area contributed by atoms with Crippen LogP contribution in [0.2, 0.25) is 0 Å². The van der Waals surface area contributed by atoms with E-state index >= 15 is 0 Å². The van der Waals surface area contributed by atoms with Crippen molar-refractivity contribution in [3.05, 3.63) is 29.8 Å². The lowest BCUT2D eigenvalue weighted by Crippen LogP contribution is -2.57. The third-order valence-electron chi connectivity index (χ3n) is 5.04. The number of ether oxygens (including phenoxy) is 1. The van der Waals surface area contributed by atoms with Crippen molar-refractivity contribution in [2.24, 2.45) is 5.41 Å². The molecule has 1 aromatic carbocycles. The van der Waals surface area contributed by atoms with Crippen LogP contribution in [0.3, 0.4) is 0 Å². The highest BCUT2D eigenvalue weighted by Crippen LogP contribution is 2.57. The molecule has 2 unspecified atom stereocenters. The van der Waals surface area contributed by atoms with Crippen LogP contribution in [0.1, 0.15) is 44.6 Å². The maximum Gasteiger partial charge on any atom is 0.573 e. The summed E-state index contributed by atoms with van der Waals surface area (Å²) in [6, 6.07) is 6.82. The topological polar surface area (TPSA) is 21.3 Å². The normalized spacial score (nSPS) is 24.5. The van der Waals surface area contributed by atoms with Crippen molar-refractivity contribution in [2.75, 3.05) is 7.05 Å². The minimum Gasteiger partial charge on any atom is -0.406 e. The first-order chi connectivity index (χ1) is 9.86. The first-order valence-corrected chi connectivity index (χ1v) is 7.39. The SMILES string of the molecule is CCC1(CC)C(NC)CC1c1ccc(OC(F)(F)F)cc1. The predicted octanol–water partition coefficient (Wildman–Crippen LogP) is 4.47. The monoisotopic (exact) mass is 301 g/mol. The number of rotatable bonds is 5. The number of hydrogen-bond donors (Lipinski definition) is 1. The van der Waals surface area contributed by atoms with Crippen molar-refractivity contribution in [1.82, 2.24) is 5.32 Å². The second-order valence-electron chi connectivity index (χ2n) is 5.69. The highest BCUT2D eigenvalue weighted by atomic mass is 19.4. The van der Waals surface area contributed by atoms with E-state index in [1.165, 1.54) is 12.1 Å². The van der Waals surface area contributed by atoms with Gasteiger partial charge in [0.05, 0.1) is 0 Å². The van der Waals surface area contributed by atoms with Gasteiger partial charge >= 0.3 is 6.36 Å². The van der Waals surface area contributed by atoms with Crippen molar-refractivity contribution in [1.29, 1.82) is 0 Å². The van der Waals surface area contributed by atoms with E-state index in [4.69, 9.17) is 0 Å². The summed E-state index contributed by atoms with van der Waals surface area (Å²) in [6.07, 6.45) is -1.50. The van der Waals surface area contributed by atoms with Crippen LogP contribution in [0.25, 0.3) is 0 Å². The van der Waals surface area contributed by atoms with E-state index in [0.717, 1.165) is 24.8 Å². The van der Waals surface area contributed by atoms with E-state index in [0.29, 0.717) is 12.0 Å². The molecular weight excluding hydrogens is 279 g/mol. The zero-order valence-corrected chi connectivity index (χ0v) is 12.6. The highest BCUT2D eigenvalue weighted by Gasteiger charge is 2.52. The van der Waals surface area contributed by atoms with Gasteiger partial charge in [0.15, 0.2) is 0 Å². The molecule has 0 aromatic heterocycles. The van der Waals surface area contributed by atoms with Gasteiger partial charge in [0.1, 0.15) is 5.75 Å². The van der Waals surface area contributed by atoms with Gasteiger partial charge in [-0.05, 0) is 55.3 Å². The van der Waals surface area contributed by atoms with Crippen LogP contribution < -0.4 is 10.1 Å². The number of halogens is 3. The van der Waals surface area contributed by atoms with E-state index in [9.17, 15) is 13.2 Å². The fourth-order valence-corrected chi connectivity index (χ4v) is 3.80. The third kappa shape index (κ3) is 3.03. The Kier molecular flexibility index (Phi) is 4.51. The third-order valence-corrected chi connectivity index (χ3v) is 5.04. The molecule has 21 heavy (non-hydrogen) atoms. The highest BCUT2D eigenvalue weighted by molar-refractivity contribution is 5.34. The fourth-order valence-electron chi connectivity index (χ4n) is 3.80. The summed E-state index contributed by atoms with van der Waals surface area (Å²) in [6.45, 7) is 4.36. The van der Waals surface area contributed by atoms with Crippen LogP contribution in [0, 0.1) is 5.41 Å². The molecule has 0 amide bonds. The fraction of sp³-hybridized carbons (Fsp3) is 0.625.